The minimum atomic E-state index is -1.50. The molecule has 2 aromatic carbocycles. The Kier molecular flexibility index (Phi) is 6.47. The van der Waals surface area contributed by atoms with E-state index in [4.69, 9.17) is 4.74 Å². The number of aromatic nitrogens is 2. The zero-order chi connectivity index (χ0) is 23.9. The minimum Gasteiger partial charge on any atom is -0.494 e. The number of nitrogens with one attached hydrogen (secondary N) is 1. The van der Waals surface area contributed by atoms with Gasteiger partial charge in [-0.25, -0.2) is 4.98 Å². The first-order valence-electron chi connectivity index (χ1n) is 11.8. The lowest BCUT2D eigenvalue weighted by Gasteiger charge is -2.45. The first-order chi connectivity index (χ1) is 16.4. The number of hydroxylamine groups is 2. The predicted octanol–water partition coefficient (Wildman–Crippen LogP) is 4.41. The van der Waals surface area contributed by atoms with Crippen LogP contribution in [-0.4, -0.2) is 56.8 Å². The first-order valence-corrected chi connectivity index (χ1v) is 12.6. The second-order valence-electron chi connectivity index (χ2n) is 9.32. The Hall–Kier alpha value is -2.30. The number of carbonyl (C=O) groups is 1. The molecule has 3 heterocycles. The molecule has 2 aliphatic rings. The fourth-order valence-corrected chi connectivity index (χ4v) is 5.81. The van der Waals surface area contributed by atoms with E-state index in [2.05, 4.69) is 50.2 Å². The van der Waals surface area contributed by atoms with E-state index in [1.54, 1.807) is 18.1 Å². The van der Waals surface area contributed by atoms with Gasteiger partial charge < -0.3 is 19.6 Å². The molecule has 2 aliphatic heterocycles. The molecule has 0 bridgehead atoms. The van der Waals surface area contributed by atoms with Crippen LogP contribution < -0.4 is 5.11 Å². The Morgan fingerprint density at radius 1 is 1.24 bits per heavy atom. The van der Waals surface area contributed by atoms with Gasteiger partial charge in [-0.2, -0.15) is 5.21 Å². The quantitative estimate of drug-likeness (QED) is 0.289. The van der Waals surface area contributed by atoms with Crippen LogP contribution in [0.3, 0.4) is 0 Å². The van der Waals surface area contributed by atoms with Crippen LogP contribution in [0.4, 0.5) is 4.79 Å². The van der Waals surface area contributed by atoms with Crippen molar-refractivity contribution in [3.8, 4) is 11.3 Å². The van der Waals surface area contributed by atoms with E-state index in [9.17, 15) is 15.1 Å². The highest BCUT2D eigenvalue weighted by Gasteiger charge is 2.52. The van der Waals surface area contributed by atoms with E-state index < -0.39 is 16.9 Å². The molecule has 34 heavy (non-hydrogen) atoms. The fourth-order valence-electron chi connectivity index (χ4n) is 5.43. The summed E-state index contributed by atoms with van der Waals surface area (Å²) in [4.78, 5) is 20.3. The summed E-state index contributed by atoms with van der Waals surface area (Å²) >= 11 is 3.51. The number of fused-ring (bicyclic) bond motifs is 1. The van der Waals surface area contributed by atoms with E-state index in [0.29, 0.717) is 32.0 Å². The molecular weight excluding hydrogens is 500 g/mol. The van der Waals surface area contributed by atoms with Gasteiger partial charge in [-0.05, 0) is 61.6 Å². The lowest BCUT2D eigenvalue weighted by atomic mass is 9.92. The number of rotatable bonds is 5. The maximum Gasteiger partial charge on any atom is 0.313 e. The monoisotopic (exact) mass is 528 g/mol. The number of hydrogen-bond donors (Lipinski definition) is 2. The number of H-pyrrole nitrogens is 1. The van der Waals surface area contributed by atoms with Crippen molar-refractivity contribution in [2.45, 2.75) is 44.7 Å². The Labute approximate surface area is 206 Å². The van der Waals surface area contributed by atoms with E-state index in [0.717, 1.165) is 45.8 Å². The molecule has 0 spiro atoms. The third kappa shape index (κ3) is 4.16. The van der Waals surface area contributed by atoms with Crippen molar-refractivity contribution in [2.75, 3.05) is 19.8 Å². The summed E-state index contributed by atoms with van der Waals surface area (Å²) in [6.45, 7) is 3.40. The number of imidazole rings is 1. The molecular formula is C25H29BrN4O4. The third-order valence-electron chi connectivity index (χ3n) is 7.43. The second-order valence-corrected chi connectivity index (χ2v) is 10.2. The number of benzene rings is 2. The number of aromatic amines is 1. The van der Waals surface area contributed by atoms with Crippen LogP contribution >= 0.6 is 15.9 Å². The second kappa shape index (κ2) is 9.39. The van der Waals surface area contributed by atoms with E-state index in [1.807, 2.05) is 12.1 Å². The molecule has 0 saturated carbocycles. The van der Waals surface area contributed by atoms with E-state index in [-0.39, 0.29) is 12.0 Å². The third-order valence-corrected chi connectivity index (χ3v) is 7.92. The van der Waals surface area contributed by atoms with Crippen molar-refractivity contribution in [3.05, 3.63) is 52.9 Å². The lowest BCUT2D eigenvalue weighted by molar-refractivity contribution is -1.16. The van der Waals surface area contributed by atoms with Gasteiger partial charge in [-0.1, -0.05) is 38.9 Å². The van der Waals surface area contributed by atoms with Gasteiger partial charge >= 0.3 is 6.09 Å². The van der Waals surface area contributed by atoms with E-state index in [1.165, 1.54) is 0 Å². The highest BCUT2D eigenvalue weighted by atomic mass is 79.9. The molecule has 2 saturated heterocycles. The summed E-state index contributed by atoms with van der Waals surface area (Å²) in [6.07, 6.45) is 3.18. The van der Waals surface area contributed by atoms with Crippen LogP contribution in [0.1, 0.15) is 44.5 Å². The smallest absolute Gasteiger partial charge is 0.313 e. The molecule has 2 fully saturated rings. The SMILES string of the molecule is CC(C1CCOCC1)[N+](O)(C(=O)[O-])N1CCCC1c1ncc(-c2ccc3cc(Br)ccc3c2)[nH]1. The summed E-state index contributed by atoms with van der Waals surface area (Å²) in [6, 6.07) is 11.5. The standard InChI is InChI=1S/C25H29BrN4O4/c1-16(17-8-11-34-12-9-17)30(33,25(31)32)29-10-2-3-23(29)24-27-15-22(28-24)20-5-4-19-14-21(26)7-6-18(19)13-20/h4-7,13-17,23,33H,2-3,8-12H2,1H3,(H-,27,28,31,32). The molecule has 3 atom stereocenters. The number of quaternary nitrogens is 1. The van der Waals surface area contributed by atoms with Crippen LogP contribution in [-0.2, 0) is 4.74 Å². The molecule has 1 aromatic heterocycles. The lowest BCUT2D eigenvalue weighted by Crippen LogP contribution is -2.70. The molecule has 0 aliphatic carbocycles. The van der Waals surface area contributed by atoms with Gasteiger partial charge in [0.05, 0.1) is 18.4 Å². The number of carboxylic acid groups (broad SMARTS) is 1. The number of halogens is 1. The molecule has 180 valence electrons. The van der Waals surface area contributed by atoms with Crippen LogP contribution in [0.15, 0.2) is 47.1 Å². The van der Waals surface area contributed by atoms with Crippen LogP contribution in [0, 0.1) is 5.92 Å². The maximum atomic E-state index is 12.3. The normalized spacial score (nSPS) is 22.6. The maximum absolute atomic E-state index is 12.3. The van der Waals surface area contributed by atoms with Gasteiger partial charge in [-0.15, -0.1) is 5.01 Å². The molecule has 5 rings (SSSR count). The van der Waals surface area contributed by atoms with Crippen LogP contribution in [0.2, 0.25) is 0 Å². The van der Waals surface area contributed by atoms with Crippen molar-refractivity contribution >= 4 is 32.8 Å². The average Bonchev–Trinajstić information content (AvgIpc) is 3.53. The van der Waals surface area contributed by atoms with E-state index >= 15 is 0 Å². The zero-order valence-corrected chi connectivity index (χ0v) is 20.7. The van der Waals surface area contributed by atoms with Crippen molar-refractivity contribution in [2.24, 2.45) is 5.92 Å². The summed E-state index contributed by atoms with van der Waals surface area (Å²) in [7, 11) is 0. The molecule has 3 aromatic rings. The van der Waals surface area contributed by atoms with Gasteiger partial charge in [0.2, 0.25) is 0 Å². The van der Waals surface area contributed by atoms with Crippen LogP contribution in [0.5, 0.6) is 0 Å². The highest BCUT2D eigenvalue weighted by molar-refractivity contribution is 9.10. The van der Waals surface area contributed by atoms with Gasteiger partial charge in [0.25, 0.3) is 0 Å². The molecule has 8 nitrogen and oxygen atoms in total. The molecule has 9 heteroatoms. The van der Waals surface area contributed by atoms with Gasteiger partial charge in [-0.3, -0.25) is 0 Å². The fraction of sp³-hybridized carbons (Fsp3) is 0.440. The molecule has 1 amide bonds. The van der Waals surface area contributed by atoms with Crippen molar-refractivity contribution in [1.29, 1.82) is 0 Å². The number of nitrogens with zero attached hydrogens (tertiary/aromatic N) is 3. The Morgan fingerprint density at radius 2 is 1.97 bits per heavy atom. The van der Waals surface area contributed by atoms with Crippen molar-refractivity contribution < 1.29 is 24.6 Å². The van der Waals surface area contributed by atoms with Crippen molar-refractivity contribution in [3.63, 3.8) is 0 Å². The summed E-state index contributed by atoms with van der Waals surface area (Å²) in [5.74, 6) is 0.683. The number of amides is 1. The zero-order valence-electron chi connectivity index (χ0n) is 19.1. The topological polar surface area (TPSA) is 102 Å². The van der Waals surface area contributed by atoms with Gasteiger partial charge in [0.15, 0.2) is 0 Å². The van der Waals surface area contributed by atoms with Crippen molar-refractivity contribution in [1.82, 2.24) is 15.0 Å². The Balaban J connectivity index is 1.43. The molecule has 0 radical (unpaired) electrons. The van der Waals surface area contributed by atoms with Gasteiger partial charge in [0.1, 0.15) is 17.9 Å². The van der Waals surface area contributed by atoms with Crippen LogP contribution in [0.25, 0.3) is 22.0 Å². The predicted molar refractivity (Wildman–Crippen MR) is 128 cm³/mol. The molecule has 3 unspecified atom stereocenters. The summed E-state index contributed by atoms with van der Waals surface area (Å²) in [5.41, 5.74) is 1.85. The Bertz CT molecular complexity index is 1190. The number of carbonyl (C=O) groups excluding carboxylic acids is 1. The first kappa shape index (κ1) is 23.4. The molecule has 2 N–H and O–H groups in total. The minimum absolute atomic E-state index is 0.0303. The van der Waals surface area contributed by atoms with Gasteiger partial charge in [0, 0.05) is 29.2 Å². The highest BCUT2D eigenvalue weighted by Crippen LogP contribution is 2.39. The Morgan fingerprint density at radius 3 is 2.74 bits per heavy atom. The number of ether oxygens (including phenoxy) is 1. The largest absolute Gasteiger partial charge is 0.494 e. The average molecular weight is 529 g/mol. The summed E-state index contributed by atoms with van der Waals surface area (Å²) in [5, 5.41) is 27.7. The summed E-state index contributed by atoms with van der Waals surface area (Å²) < 4.78 is 5.24. The number of hydrogen-bond acceptors (Lipinski definition) is 6.